The average molecular weight is 379 g/mol. The summed E-state index contributed by atoms with van der Waals surface area (Å²) in [6.07, 6.45) is 3.02. The molecule has 0 aliphatic carbocycles. The van der Waals surface area contributed by atoms with Gasteiger partial charge in [-0.15, -0.1) is 0 Å². The smallest absolute Gasteiger partial charge is 0.254 e. The molecule has 3 heterocycles. The van der Waals surface area contributed by atoms with Crippen molar-refractivity contribution in [2.45, 2.75) is 36.2 Å². The fraction of sp³-hybridized carbons (Fsp3) is 0.611. The number of nitrogens with zero attached hydrogens (tertiary/aromatic N) is 2. The molecule has 4 rings (SSSR count). The lowest BCUT2D eigenvalue weighted by Gasteiger charge is -2.27. The van der Waals surface area contributed by atoms with Gasteiger partial charge in [-0.05, 0) is 43.5 Å². The van der Waals surface area contributed by atoms with Crippen molar-refractivity contribution in [2.24, 2.45) is 0 Å². The molecule has 1 N–H and O–H groups in total. The molecule has 8 heteroatoms. The molecule has 2 unspecified atom stereocenters. The molecule has 3 aliphatic rings. The summed E-state index contributed by atoms with van der Waals surface area (Å²) in [5, 5.41) is 3.50. The number of rotatable bonds is 3. The molecule has 0 radical (unpaired) electrons. The van der Waals surface area contributed by atoms with Crippen LogP contribution in [0, 0.1) is 0 Å². The number of nitrogens with one attached hydrogen (secondary N) is 1. The van der Waals surface area contributed by atoms with Crippen LogP contribution in [0.3, 0.4) is 0 Å². The summed E-state index contributed by atoms with van der Waals surface area (Å²) in [6.45, 7) is 3.30. The lowest BCUT2D eigenvalue weighted by molar-refractivity contribution is 0.0303. The fourth-order valence-corrected chi connectivity index (χ4v) is 5.50. The van der Waals surface area contributed by atoms with E-state index in [4.69, 9.17) is 4.74 Å². The number of amides is 1. The Balaban J connectivity index is 1.49. The minimum absolute atomic E-state index is 0.0754. The standard InChI is InChI=1S/C18H25N3O4S/c22-18(20-9-11-25-12-10-20)14-1-5-17(6-2-14)26(23,24)21-8-7-15-3-4-16(13-21)19-15/h1-2,5-6,15-16,19H,3-4,7-13H2. The van der Waals surface area contributed by atoms with Crippen LogP contribution in [-0.4, -0.2) is 75.0 Å². The van der Waals surface area contributed by atoms with Crippen LogP contribution in [0.5, 0.6) is 0 Å². The van der Waals surface area contributed by atoms with E-state index in [1.54, 1.807) is 33.5 Å². The number of morpholine rings is 1. The molecule has 1 aromatic carbocycles. The van der Waals surface area contributed by atoms with Gasteiger partial charge in [0.05, 0.1) is 18.1 Å². The first-order chi connectivity index (χ1) is 12.5. The summed E-state index contributed by atoms with van der Waals surface area (Å²) >= 11 is 0. The van der Waals surface area contributed by atoms with Crippen LogP contribution in [0.4, 0.5) is 0 Å². The number of benzene rings is 1. The minimum atomic E-state index is -3.53. The zero-order valence-corrected chi connectivity index (χ0v) is 15.6. The van der Waals surface area contributed by atoms with Gasteiger partial charge in [-0.1, -0.05) is 0 Å². The third kappa shape index (κ3) is 3.51. The van der Waals surface area contributed by atoms with Crippen LogP contribution in [0.15, 0.2) is 29.2 Å². The largest absolute Gasteiger partial charge is 0.378 e. The van der Waals surface area contributed by atoms with E-state index in [2.05, 4.69) is 5.32 Å². The maximum Gasteiger partial charge on any atom is 0.254 e. The Morgan fingerprint density at radius 1 is 1.00 bits per heavy atom. The molecule has 3 aliphatic heterocycles. The van der Waals surface area contributed by atoms with E-state index in [-0.39, 0.29) is 16.8 Å². The van der Waals surface area contributed by atoms with Crippen molar-refractivity contribution in [1.82, 2.24) is 14.5 Å². The summed E-state index contributed by atoms with van der Waals surface area (Å²) < 4.78 is 32.8. The molecule has 1 aromatic rings. The second kappa shape index (κ2) is 7.26. The first-order valence-electron chi connectivity index (χ1n) is 9.27. The molecule has 3 fully saturated rings. The molecular weight excluding hydrogens is 354 g/mol. The van der Waals surface area contributed by atoms with Crippen molar-refractivity contribution < 1.29 is 17.9 Å². The molecule has 1 amide bonds. The first kappa shape index (κ1) is 17.9. The summed E-state index contributed by atoms with van der Waals surface area (Å²) in [4.78, 5) is 14.5. The Morgan fingerprint density at radius 2 is 1.69 bits per heavy atom. The maximum atomic E-state index is 13.0. The van der Waals surface area contributed by atoms with Crippen molar-refractivity contribution in [3.05, 3.63) is 29.8 Å². The molecule has 0 spiro atoms. The number of carbonyl (C=O) groups is 1. The van der Waals surface area contributed by atoms with Gasteiger partial charge in [0, 0.05) is 43.8 Å². The number of carbonyl (C=O) groups excluding carboxylic acids is 1. The van der Waals surface area contributed by atoms with Crippen molar-refractivity contribution in [3.8, 4) is 0 Å². The van der Waals surface area contributed by atoms with Crippen LogP contribution in [-0.2, 0) is 14.8 Å². The van der Waals surface area contributed by atoms with Gasteiger partial charge < -0.3 is 15.0 Å². The predicted octanol–water partition coefficient (Wildman–Crippen LogP) is 0.674. The summed E-state index contributed by atoms with van der Waals surface area (Å²) in [5.41, 5.74) is 0.516. The highest BCUT2D eigenvalue weighted by molar-refractivity contribution is 7.89. The van der Waals surface area contributed by atoms with Gasteiger partial charge in [-0.2, -0.15) is 4.31 Å². The van der Waals surface area contributed by atoms with Gasteiger partial charge in [-0.25, -0.2) is 8.42 Å². The van der Waals surface area contributed by atoms with Gasteiger partial charge in [0.2, 0.25) is 10.0 Å². The quantitative estimate of drug-likeness (QED) is 0.835. The monoisotopic (exact) mass is 379 g/mol. The zero-order chi connectivity index (χ0) is 18.1. The van der Waals surface area contributed by atoms with Crippen molar-refractivity contribution in [3.63, 3.8) is 0 Å². The highest BCUT2D eigenvalue weighted by atomic mass is 32.2. The van der Waals surface area contributed by atoms with Crippen LogP contribution < -0.4 is 5.32 Å². The van der Waals surface area contributed by atoms with E-state index >= 15 is 0 Å². The Kier molecular flexibility index (Phi) is 5.00. The van der Waals surface area contributed by atoms with E-state index in [0.29, 0.717) is 51.0 Å². The fourth-order valence-electron chi connectivity index (χ4n) is 4.00. The minimum Gasteiger partial charge on any atom is -0.378 e. The van der Waals surface area contributed by atoms with Gasteiger partial charge in [0.25, 0.3) is 5.91 Å². The van der Waals surface area contributed by atoms with E-state index in [1.807, 2.05) is 0 Å². The van der Waals surface area contributed by atoms with Crippen LogP contribution >= 0.6 is 0 Å². The van der Waals surface area contributed by atoms with E-state index in [0.717, 1.165) is 19.3 Å². The molecule has 3 saturated heterocycles. The van der Waals surface area contributed by atoms with Gasteiger partial charge in [0.1, 0.15) is 0 Å². The van der Waals surface area contributed by atoms with Crippen molar-refractivity contribution >= 4 is 15.9 Å². The molecule has 2 bridgehead atoms. The second-order valence-electron chi connectivity index (χ2n) is 7.22. The number of hydrogen-bond donors (Lipinski definition) is 1. The predicted molar refractivity (Wildman–Crippen MR) is 96.5 cm³/mol. The second-order valence-corrected chi connectivity index (χ2v) is 9.16. The molecular formula is C18H25N3O4S. The normalized spacial score (nSPS) is 27.3. The Labute approximate surface area is 154 Å². The third-order valence-corrected chi connectivity index (χ3v) is 7.40. The lowest BCUT2D eigenvalue weighted by atomic mass is 10.1. The van der Waals surface area contributed by atoms with E-state index < -0.39 is 10.0 Å². The summed E-state index contributed by atoms with van der Waals surface area (Å²) in [6, 6.07) is 7.03. The Hall–Kier alpha value is -1.48. The summed E-state index contributed by atoms with van der Waals surface area (Å²) in [7, 11) is -3.53. The third-order valence-electron chi connectivity index (χ3n) is 5.52. The van der Waals surface area contributed by atoms with E-state index in [9.17, 15) is 13.2 Å². The molecule has 2 atom stereocenters. The highest BCUT2D eigenvalue weighted by Crippen LogP contribution is 2.25. The first-order valence-corrected chi connectivity index (χ1v) is 10.7. The number of fused-ring (bicyclic) bond motifs is 2. The van der Waals surface area contributed by atoms with Crippen LogP contribution in [0.1, 0.15) is 29.6 Å². The molecule has 7 nitrogen and oxygen atoms in total. The molecule has 0 aromatic heterocycles. The molecule has 26 heavy (non-hydrogen) atoms. The van der Waals surface area contributed by atoms with Gasteiger partial charge >= 0.3 is 0 Å². The zero-order valence-electron chi connectivity index (χ0n) is 14.8. The lowest BCUT2D eigenvalue weighted by Crippen LogP contribution is -2.40. The SMILES string of the molecule is O=C(c1ccc(S(=O)(=O)N2CCC3CCC(C2)N3)cc1)N1CCOCC1. The number of hydrogen-bond acceptors (Lipinski definition) is 5. The van der Waals surface area contributed by atoms with Crippen LogP contribution in [0.2, 0.25) is 0 Å². The molecule has 0 saturated carbocycles. The number of sulfonamides is 1. The van der Waals surface area contributed by atoms with E-state index in [1.165, 1.54) is 0 Å². The topological polar surface area (TPSA) is 79.0 Å². The average Bonchev–Trinajstić information content (AvgIpc) is 3.00. The van der Waals surface area contributed by atoms with Crippen molar-refractivity contribution in [1.29, 1.82) is 0 Å². The van der Waals surface area contributed by atoms with Gasteiger partial charge in [-0.3, -0.25) is 4.79 Å². The van der Waals surface area contributed by atoms with Crippen molar-refractivity contribution in [2.75, 3.05) is 39.4 Å². The maximum absolute atomic E-state index is 13.0. The van der Waals surface area contributed by atoms with Gasteiger partial charge in [0.15, 0.2) is 0 Å². The van der Waals surface area contributed by atoms with Crippen LogP contribution in [0.25, 0.3) is 0 Å². The number of ether oxygens (including phenoxy) is 1. The highest BCUT2D eigenvalue weighted by Gasteiger charge is 2.35. The summed E-state index contributed by atoms with van der Waals surface area (Å²) in [5.74, 6) is -0.0754. The molecule has 142 valence electrons. The Morgan fingerprint density at radius 3 is 2.42 bits per heavy atom. The Bertz CT molecular complexity index is 759.